The number of fused-ring (bicyclic) bond motifs is 1. The maximum absolute atomic E-state index is 4.95. The molecule has 122 valence electrons. The summed E-state index contributed by atoms with van der Waals surface area (Å²) in [6, 6.07) is 10.6. The lowest BCUT2D eigenvalue weighted by atomic mass is 9.89. The van der Waals surface area contributed by atoms with Gasteiger partial charge in [0.1, 0.15) is 5.01 Å². The molecule has 1 aromatic carbocycles. The van der Waals surface area contributed by atoms with Crippen LogP contribution in [0.4, 0.5) is 0 Å². The fraction of sp³-hybridized carbons (Fsp3) is 0.550. The number of aromatic nitrogens is 1. The molecule has 1 aliphatic heterocycles. The molecule has 0 amide bonds. The largest absolute Gasteiger partial charge is 0.302 e. The molecule has 1 aliphatic carbocycles. The fourth-order valence-electron chi connectivity index (χ4n) is 4.03. The molecule has 0 saturated heterocycles. The highest BCUT2D eigenvalue weighted by molar-refractivity contribution is 7.15. The third kappa shape index (κ3) is 3.67. The maximum atomic E-state index is 4.95. The summed E-state index contributed by atoms with van der Waals surface area (Å²) >= 11 is 1.91. The minimum atomic E-state index is 0.952. The standard InChI is InChI=1S/C20H26N2S/c1-3-7-16(8-4-1)15-22-13-11-18-19(12-14-22)23-20(21-18)17-9-5-2-6-10-17/h2,5-6,9-10,16H,1,3-4,7-8,11-15H2. The van der Waals surface area contributed by atoms with Crippen LogP contribution in [-0.2, 0) is 12.8 Å². The Hall–Kier alpha value is -1.19. The molecule has 2 aliphatic rings. The van der Waals surface area contributed by atoms with Gasteiger partial charge in [0.15, 0.2) is 0 Å². The van der Waals surface area contributed by atoms with Gasteiger partial charge >= 0.3 is 0 Å². The molecule has 0 N–H and O–H groups in total. The van der Waals surface area contributed by atoms with Crippen LogP contribution in [0.2, 0.25) is 0 Å². The number of hydrogen-bond donors (Lipinski definition) is 0. The van der Waals surface area contributed by atoms with E-state index in [4.69, 9.17) is 4.98 Å². The summed E-state index contributed by atoms with van der Waals surface area (Å²) in [5, 5.41) is 1.20. The van der Waals surface area contributed by atoms with Crippen LogP contribution in [-0.4, -0.2) is 29.5 Å². The smallest absolute Gasteiger partial charge is 0.123 e. The predicted octanol–water partition coefficient (Wildman–Crippen LogP) is 4.79. The first-order valence-corrected chi connectivity index (χ1v) is 9.96. The zero-order valence-electron chi connectivity index (χ0n) is 13.8. The second kappa shape index (κ2) is 7.14. The second-order valence-corrected chi connectivity index (χ2v) is 8.14. The van der Waals surface area contributed by atoms with Crippen LogP contribution in [0.3, 0.4) is 0 Å². The van der Waals surface area contributed by atoms with Gasteiger partial charge in [-0.2, -0.15) is 0 Å². The first-order chi connectivity index (χ1) is 11.4. The molecule has 1 saturated carbocycles. The van der Waals surface area contributed by atoms with Crippen molar-refractivity contribution >= 4 is 11.3 Å². The minimum Gasteiger partial charge on any atom is -0.302 e. The highest BCUT2D eigenvalue weighted by Crippen LogP contribution is 2.31. The third-order valence-corrected chi connectivity index (χ3v) is 6.57. The number of hydrogen-bond acceptors (Lipinski definition) is 3. The molecule has 3 heteroatoms. The SMILES string of the molecule is c1ccc(-c2nc3c(s2)CCN(CC2CCCCC2)CC3)cc1. The molecule has 0 spiro atoms. The lowest BCUT2D eigenvalue weighted by Gasteiger charge is -2.28. The van der Waals surface area contributed by atoms with Gasteiger partial charge in [-0.25, -0.2) is 4.98 Å². The third-order valence-electron chi connectivity index (χ3n) is 5.36. The predicted molar refractivity (Wildman–Crippen MR) is 98.0 cm³/mol. The van der Waals surface area contributed by atoms with Crippen LogP contribution in [0, 0.1) is 5.92 Å². The Morgan fingerprint density at radius 3 is 2.61 bits per heavy atom. The molecular weight excluding hydrogens is 300 g/mol. The number of thiazole rings is 1. The van der Waals surface area contributed by atoms with E-state index in [-0.39, 0.29) is 0 Å². The Morgan fingerprint density at radius 1 is 1.00 bits per heavy atom. The Kier molecular flexibility index (Phi) is 4.77. The normalized spacial score (nSPS) is 20.2. The summed E-state index contributed by atoms with van der Waals surface area (Å²) in [7, 11) is 0. The zero-order chi connectivity index (χ0) is 15.5. The van der Waals surface area contributed by atoms with Gasteiger partial charge in [-0.05, 0) is 25.2 Å². The van der Waals surface area contributed by atoms with Crippen LogP contribution < -0.4 is 0 Å². The topological polar surface area (TPSA) is 16.1 Å². The van der Waals surface area contributed by atoms with Gasteiger partial charge in [0, 0.05) is 36.5 Å². The first-order valence-electron chi connectivity index (χ1n) is 9.15. The summed E-state index contributed by atoms with van der Waals surface area (Å²) in [6.07, 6.45) is 9.59. The van der Waals surface area contributed by atoms with Crippen LogP contribution in [0.25, 0.3) is 10.6 Å². The van der Waals surface area contributed by atoms with Gasteiger partial charge in [0.25, 0.3) is 0 Å². The van der Waals surface area contributed by atoms with Gasteiger partial charge < -0.3 is 4.90 Å². The molecule has 0 bridgehead atoms. The molecule has 2 heterocycles. The summed E-state index contributed by atoms with van der Waals surface area (Å²) < 4.78 is 0. The monoisotopic (exact) mass is 326 g/mol. The first kappa shape index (κ1) is 15.3. The van der Waals surface area contributed by atoms with E-state index in [0.29, 0.717) is 0 Å². The second-order valence-electron chi connectivity index (χ2n) is 7.06. The Balaban J connectivity index is 1.41. The highest BCUT2D eigenvalue weighted by atomic mass is 32.1. The molecule has 1 fully saturated rings. The molecule has 0 radical (unpaired) electrons. The lowest BCUT2D eigenvalue weighted by molar-refractivity contribution is 0.207. The van der Waals surface area contributed by atoms with E-state index in [1.807, 2.05) is 11.3 Å². The summed E-state index contributed by atoms with van der Waals surface area (Å²) in [4.78, 5) is 9.18. The molecule has 4 rings (SSSR count). The van der Waals surface area contributed by atoms with Crippen molar-refractivity contribution in [2.24, 2.45) is 5.92 Å². The number of benzene rings is 1. The van der Waals surface area contributed by atoms with Gasteiger partial charge in [-0.15, -0.1) is 11.3 Å². The zero-order valence-corrected chi connectivity index (χ0v) is 14.7. The summed E-state index contributed by atoms with van der Waals surface area (Å²) in [5.74, 6) is 0.952. The van der Waals surface area contributed by atoms with E-state index in [0.717, 1.165) is 12.3 Å². The molecule has 0 atom stereocenters. The van der Waals surface area contributed by atoms with Crippen LogP contribution >= 0.6 is 11.3 Å². The van der Waals surface area contributed by atoms with E-state index in [1.165, 1.54) is 79.3 Å². The Labute approximate surface area is 143 Å². The highest BCUT2D eigenvalue weighted by Gasteiger charge is 2.22. The van der Waals surface area contributed by atoms with Crippen molar-refractivity contribution in [1.29, 1.82) is 0 Å². The molecule has 1 aromatic heterocycles. The number of rotatable bonds is 3. The Morgan fingerprint density at radius 2 is 1.78 bits per heavy atom. The molecule has 23 heavy (non-hydrogen) atoms. The quantitative estimate of drug-likeness (QED) is 0.806. The van der Waals surface area contributed by atoms with Crippen molar-refractivity contribution in [3.8, 4) is 10.6 Å². The molecule has 2 nitrogen and oxygen atoms in total. The van der Waals surface area contributed by atoms with Gasteiger partial charge in [-0.3, -0.25) is 0 Å². The average Bonchev–Trinajstić information content (AvgIpc) is 2.93. The van der Waals surface area contributed by atoms with Crippen molar-refractivity contribution in [3.05, 3.63) is 40.9 Å². The van der Waals surface area contributed by atoms with Crippen molar-refractivity contribution in [2.45, 2.75) is 44.9 Å². The van der Waals surface area contributed by atoms with Crippen LogP contribution in [0.15, 0.2) is 30.3 Å². The number of nitrogens with zero attached hydrogens (tertiary/aromatic N) is 2. The van der Waals surface area contributed by atoms with Gasteiger partial charge in [0.05, 0.1) is 5.69 Å². The molecular formula is C20H26N2S. The summed E-state index contributed by atoms with van der Waals surface area (Å²) in [5.41, 5.74) is 2.63. The summed E-state index contributed by atoms with van der Waals surface area (Å²) in [6.45, 7) is 3.74. The van der Waals surface area contributed by atoms with Crippen molar-refractivity contribution in [2.75, 3.05) is 19.6 Å². The van der Waals surface area contributed by atoms with Crippen molar-refractivity contribution < 1.29 is 0 Å². The van der Waals surface area contributed by atoms with E-state index in [2.05, 4.69) is 35.2 Å². The van der Waals surface area contributed by atoms with Crippen molar-refractivity contribution in [1.82, 2.24) is 9.88 Å². The van der Waals surface area contributed by atoms with Crippen molar-refractivity contribution in [3.63, 3.8) is 0 Å². The maximum Gasteiger partial charge on any atom is 0.123 e. The Bertz CT molecular complexity index is 603. The van der Waals surface area contributed by atoms with E-state index < -0.39 is 0 Å². The average molecular weight is 327 g/mol. The van der Waals surface area contributed by atoms with Gasteiger partial charge in [-0.1, -0.05) is 49.6 Å². The van der Waals surface area contributed by atoms with Gasteiger partial charge in [0.2, 0.25) is 0 Å². The fourth-order valence-corrected chi connectivity index (χ4v) is 5.13. The lowest BCUT2D eigenvalue weighted by Crippen LogP contribution is -2.32. The van der Waals surface area contributed by atoms with E-state index >= 15 is 0 Å². The minimum absolute atomic E-state index is 0.952. The molecule has 0 unspecified atom stereocenters. The van der Waals surface area contributed by atoms with Crippen LogP contribution in [0.1, 0.15) is 42.7 Å². The molecule has 2 aromatic rings. The van der Waals surface area contributed by atoms with E-state index in [1.54, 1.807) is 0 Å². The van der Waals surface area contributed by atoms with Crippen LogP contribution in [0.5, 0.6) is 0 Å². The van der Waals surface area contributed by atoms with E-state index in [9.17, 15) is 0 Å².